The second kappa shape index (κ2) is 4.10. The van der Waals surface area contributed by atoms with Gasteiger partial charge in [0.25, 0.3) is 0 Å². The molecule has 0 bridgehead atoms. The lowest BCUT2D eigenvalue weighted by Gasteiger charge is -2.34. The summed E-state index contributed by atoms with van der Waals surface area (Å²) in [5, 5.41) is 26.5. The Morgan fingerprint density at radius 2 is 2.38 bits per heavy atom. The van der Waals surface area contributed by atoms with E-state index in [1.54, 1.807) is 0 Å². The number of carboxylic acid groups (broad SMARTS) is 1. The maximum absolute atomic E-state index is 10.7. The van der Waals surface area contributed by atoms with Gasteiger partial charge in [-0.05, 0) is 12.8 Å². The Morgan fingerprint density at radius 3 is 2.92 bits per heavy atom. The van der Waals surface area contributed by atoms with Crippen LogP contribution in [0.2, 0.25) is 0 Å². The molecule has 1 rings (SSSR count). The van der Waals surface area contributed by atoms with E-state index in [0.29, 0.717) is 19.4 Å². The van der Waals surface area contributed by atoms with Gasteiger partial charge in [-0.1, -0.05) is 0 Å². The van der Waals surface area contributed by atoms with Crippen molar-refractivity contribution in [3.8, 4) is 6.07 Å². The van der Waals surface area contributed by atoms with E-state index >= 15 is 0 Å². The van der Waals surface area contributed by atoms with E-state index in [0.717, 1.165) is 0 Å². The number of likely N-dealkylation sites (tertiary alicyclic amines) is 1. The molecule has 13 heavy (non-hydrogen) atoms. The van der Waals surface area contributed by atoms with Gasteiger partial charge in [-0.15, -0.1) is 0 Å². The SMILES string of the molecule is N#CC[C@@H]1C[C@@H](O)CCN1C(=O)O. The highest BCUT2D eigenvalue weighted by Gasteiger charge is 2.30. The van der Waals surface area contributed by atoms with Crippen molar-refractivity contribution < 1.29 is 15.0 Å². The van der Waals surface area contributed by atoms with Crippen LogP contribution < -0.4 is 0 Å². The number of nitrogens with zero attached hydrogens (tertiary/aromatic N) is 2. The minimum atomic E-state index is -1.01. The van der Waals surface area contributed by atoms with Crippen molar-refractivity contribution in [3.63, 3.8) is 0 Å². The van der Waals surface area contributed by atoms with Crippen molar-refractivity contribution in [1.29, 1.82) is 5.26 Å². The molecule has 2 atom stereocenters. The molecule has 5 nitrogen and oxygen atoms in total. The summed E-state index contributed by atoms with van der Waals surface area (Å²) in [5.74, 6) is 0. The number of amides is 1. The summed E-state index contributed by atoms with van der Waals surface area (Å²) in [6, 6.07) is 1.59. The molecule has 0 aliphatic carbocycles. The number of aliphatic hydroxyl groups is 1. The largest absolute Gasteiger partial charge is 0.465 e. The van der Waals surface area contributed by atoms with Crippen LogP contribution in [0.5, 0.6) is 0 Å². The molecule has 2 N–H and O–H groups in total. The minimum absolute atomic E-state index is 0.156. The molecule has 1 aliphatic heterocycles. The lowest BCUT2D eigenvalue weighted by atomic mass is 9.98. The average molecular weight is 184 g/mol. The topological polar surface area (TPSA) is 84.6 Å². The summed E-state index contributed by atoms with van der Waals surface area (Å²) >= 11 is 0. The molecule has 1 amide bonds. The number of hydrogen-bond donors (Lipinski definition) is 2. The number of aliphatic hydroxyl groups excluding tert-OH is 1. The third kappa shape index (κ3) is 2.33. The van der Waals surface area contributed by atoms with E-state index in [9.17, 15) is 9.90 Å². The lowest BCUT2D eigenvalue weighted by Crippen LogP contribution is -2.46. The molecular weight excluding hydrogens is 172 g/mol. The van der Waals surface area contributed by atoms with Gasteiger partial charge >= 0.3 is 6.09 Å². The summed E-state index contributed by atoms with van der Waals surface area (Å²) in [7, 11) is 0. The molecule has 0 spiro atoms. The molecule has 72 valence electrons. The van der Waals surface area contributed by atoms with E-state index in [2.05, 4.69) is 0 Å². The van der Waals surface area contributed by atoms with Gasteiger partial charge in [0.05, 0.1) is 24.6 Å². The molecule has 0 aromatic heterocycles. The first-order valence-corrected chi connectivity index (χ1v) is 4.19. The van der Waals surface area contributed by atoms with Crippen LogP contribution in [0.3, 0.4) is 0 Å². The monoisotopic (exact) mass is 184 g/mol. The molecule has 1 saturated heterocycles. The van der Waals surface area contributed by atoms with Gasteiger partial charge in [0.2, 0.25) is 0 Å². The van der Waals surface area contributed by atoms with E-state index in [4.69, 9.17) is 10.4 Å². The van der Waals surface area contributed by atoms with E-state index < -0.39 is 12.2 Å². The summed E-state index contributed by atoms with van der Waals surface area (Å²) in [5.41, 5.74) is 0. The average Bonchev–Trinajstić information content (AvgIpc) is 2.04. The van der Waals surface area contributed by atoms with Crippen molar-refractivity contribution in [2.75, 3.05) is 6.54 Å². The Morgan fingerprint density at radius 1 is 1.69 bits per heavy atom. The molecule has 0 saturated carbocycles. The van der Waals surface area contributed by atoms with Crippen LogP contribution in [0.1, 0.15) is 19.3 Å². The van der Waals surface area contributed by atoms with Crippen LogP contribution in [-0.2, 0) is 0 Å². The van der Waals surface area contributed by atoms with Gasteiger partial charge in [-0.3, -0.25) is 0 Å². The van der Waals surface area contributed by atoms with Crippen molar-refractivity contribution in [2.45, 2.75) is 31.4 Å². The van der Waals surface area contributed by atoms with E-state index in [1.807, 2.05) is 6.07 Å². The Kier molecular flexibility index (Phi) is 3.09. The second-order valence-electron chi connectivity index (χ2n) is 3.17. The normalized spacial score (nSPS) is 28.2. The molecule has 0 unspecified atom stereocenters. The highest BCUT2D eigenvalue weighted by Crippen LogP contribution is 2.19. The predicted octanol–water partition coefficient (Wildman–Crippen LogP) is 0.403. The van der Waals surface area contributed by atoms with Crippen LogP contribution >= 0.6 is 0 Å². The fraction of sp³-hybridized carbons (Fsp3) is 0.750. The van der Waals surface area contributed by atoms with Crippen molar-refractivity contribution >= 4 is 6.09 Å². The Labute approximate surface area is 76.2 Å². The molecule has 0 radical (unpaired) electrons. The van der Waals surface area contributed by atoms with Crippen molar-refractivity contribution in [2.24, 2.45) is 0 Å². The number of rotatable bonds is 1. The van der Waals surface area contributed by atoms with E-state index in [1.165, 1.54) is 4.90 Å². The lowest BCUT2D eigenvalue weighted by molar-refractivity contribution is 0.0444. The Bertz CT molecular complexity index is 236. The van der Waals surface area contributed by atoms with Gasteiger partial charge in [-0.25, -0.2) is 4.79 Å². The standard InChI is InChI=1S/C8H12N2O3/c9-3-1-6-5-7(11)2-4-10(6)8(12)13/h6-7,11H,1-2,4-5H2,(H,12,13)/t6-,7+/m1/s1. The third-order valence-electron chi connectivity index (χ3n) is 2.26. The van der Waals surface area contributed by atoms with Gasteiger partial charge in [-0.2, -0.15) is 5.26 Å². The quantitative estimate of drug-likeness (QED) is 0.617. The number of hydrogen-bond acceptors (Lipinski definition) is 3. The number of nitriles is 1. The fourth-order valence-corrected chi connectivity index (χ4v) is 1.58. The van der Waals surface area contributed by atoms with Crippen molar-refractivity contribution in [1.82, 2.24) is 4.90 Å². The second-order valence-corrected chi connectivity index (χ2v) is 3.17. The van der Waals surface area contributed by atoms with Crippen LogP contribution in [0.4, 0.5) is 4.79 Å². The summed E-state index contributed by atoms with van der Waals surface area (Å²) in [6.45, 7) is 0.322. The molecule has 5 heteroatoms. The predicted molar refractivity (Wildman–Crippen MR) is 44.0 cm³/mol. The Balaban J connectivity index is 2.61. The van der Waals surface area contributed by atoms with Gasteiger partial charge in [0.1, 0.15) is 0 Å². The zero-order chi connectivity index (χ0) is 9.84. The molecule has 1 heterocycles. The maximum Gasteiger partial charge on any atom is 0.407 e. The third-order valence-corrected chi connectivity index (χ3v) is 2.26. The van der Waals surface area contributed by atoms with Crippen LogP contribution in [0, 0.1) is 11.3 Å². The first kappa shape index (κ1) is 9.81. The van der Waals surface area contributed by atoms with Gasteiger partial charge in [0.15, 0.2) is 0 Å². The van der Waals surface area contributed by atoms with Gasteiger partial charge < -0.3 is 15.1 Å². The maximum atomic E-state index is 10.7. The summed E-state index contributed by atoms with van der Waals surface area (Å²) in [4.78, 5) is 11.9. The van der Waals surface area contributed by atoms with Crippen molar-refractivity contribution in [3.05, 3.63) is 0 Å². The first-order valence-electron chi connectivity index (χ1n) is 4.19. The van der Waals surface area contributed by atoms with E-state index in [-0.39, 0.29) is 12.5 Å². The molecule has 0 aromatic carbocycles. The fourth-order valence-electron chi connectivity index (χ4n) is 1.58. The highest BCUT2D eigenvalue weighted by molar-refractivity contribution is 5.65. The van der Waals surface area contributed by atoms with Gasteiger partial charge in [0, 0.05) is 6.54 Å². The van der Waals surface area contributed by atoms with Crippen LogP contribution in [0.25, 0.3) is 0 Å². The van der Waals surface area contributed by atoms with Crippen LogP contribution in [0.15, 0.2) is 0 Å². The molecular formula is C8H12N2O3. The number of carbonyl (C=O) groups is 1. The molecule has 1 fully saturated rings. The first-order chi connectivity index (χ1) is 6.15. The zero-order valence-corrected chi connectivity index (χ0v) is 7.18. The molecule has 0 aromatic rings. The minimum Gasteiger partial charge on any atom is -0.465 e. The highest BCUT2D eigenvalue weighted by atomic mass is 16.4. The number of piperidine rings is 1. The smallest absolute Gasteiger partial charge is 0.407 e. The Hall–Kier alpha value is -1.28. The molecule has 1 aliphatic rings. The summed E-state index contributed by atoms with van der Waals surface area (Å²) in [6.07, 6.45) is -0.474. The zero-order valence-electron chi connectivity index (χ0n) is 7.18. The van der Waals surface area contributed by atoms with Crippen LogP contribution in [-0.4, -0.2) is 39.9 Å². The summed E-state index contributed by atoms with van der Waals surface area (Å²) < 4.78 is 0.